The Balaban J connectivity index is 1.46. The highest BCUT2D eigenvalue weighted by molar-refractivity contribution is 8.00. The highest BCUT2D eigenvalue weighted by Crippen LogP contribution is 2.45. The molecule has 234 valence electrons. The molecule has 3 heterocycles. The van der Waals surface area contributed by atoms with Crippen LogP contribution in [-0.2, 0) is 24.0 Å². The molecule has 0 aliphatic rings. The van der Waals surface area contributed by atoms with Gasteiger partial charge in [-0.25, -0.2) is 0 Å². The van der Waals surface area contributed by atoms with Crippen LogP contribution < -0.4 is 10.5 Å². The Hall–Kier alpha value is -4.31. The molecule has 5 aromatic rings. The van der Waals surface area contributed by atoms with Crippen LogP contribution in [0.25, 0.3) is 22.2 Å². The number of pyridine rings is 2. The minimum Gasteiger partial charge on any atom is -0.487 e. The molecule has 3 N–H and O–H groups in total. The van der Waals surface area contributed by atoms with E-state index >= 15 is 0 Å². The van der Waals surface area contributed by atoms with Gasteiger partial charge in [-0.15, -0.1) is 11.8 Å². The predicted octanol–water partition coefficient (Wildman–Crippen LogP) is 8.54. The number of thioether (sulfide) groups is 1. The van der Waals surface area contributed by atoms with Crippen LogP contribution in [0, 0.1) is 13.8 Å². The van der Waals surface area contributed by atoms with E-state index < -0.39 is 23.6 Å². The number of nitrogens with two attached hydrogens (primary N) is 1. The normalized spacial score (nSPS) is 12.8. The first-order chi connectivity index (χ1) is 21.2. The summed E-state index contributed by atoms with van der Waals surface area (Å²) in [5.74, 6) is -0.391. The first-order valence-electron chi connectivity index (χ1n) is 14.5. The Morgan fingerprint density at radius 3 is 2.27 bits per heavy atom. The maximum absolute atomic E-state index is 13.0. The van der Waals surface area contributed by atoms with Crippen molar-refractivity contribution in [1.82, 2.24) is 15.0 Å². The Morgan fingerprint density at radius 1 is 0.956 bits per heavy atom. The van der Waals surface area contributed by atoms with E-state index in [-0.39, 0.29) is 4.75 Å². The average Bonchev–Trinajstić information content (AvgIpc) is 3.33. The second-order valence-corrected chi connectivity index (χ2v) is 13.9. The Bertz CT molecular complexity index is 1810. The fourth-order valence-electron chi connectivity index (χ4n) is 5.10. The molecule has 2 aromatic carbocycles. The molecule has 6 nitrogen and oxygen atoms in total. The smallest absolute Gasteiger partial charge is 0.417 e. The molecule has 0 saturated carbocycles. The quantitative estimate of drug-likeness (QED) is 0.159. The highest BCUT2D eigenvalue weighted by Gasteiger charge is 2.31. The first-order valence-corrected chi connectivity index (χ1v) is 15.3. The van der Waals surface area contributed by atoms with Crippen molar-refractivity contribution in [3.8, 4) is 17.0 Å². The summed E-state index contributed by atoms with van der Waals surface area (Å²) < 4.78 is 44.9. The molecule has 1 atom stereocenters. The number of rotatable bonds is 9. The molecule has 0 fully saturated rings. The summed E-state index contributed by atoms with van der Waals surface area (Å²) in [4.78, 5) is 25.9. The lowest BCUT2D eigenvalue weighted by atomic mass is 9.94. The van der Waals surface area contributed by atoms with Gasteiger partial charge in [0, 0.05) is 49.8 Å². The summed E-state index contributed by atoms with van der Waals surface area (Å²) >= 11 is 1.67. The van der Waals surface area contributed by atoms with Crippen LogP contribution in [0.1, 0.15) is 60.3 Å². The van der Waals surface area contributed by atoms with Gasteiger partial charge in [0.05, 0.1) is 22.9 Å². The summed E-state index contributed by atoms with van der Waals surface area (Å²) in [5.41, 5.74) is 11.7. The molecule has 3 aromatic heterocycles. The number of alkyl halides is 3. The average molecular weight is 633 g/mol. The number of ether oxygens (including phenoxy) is 1. The minimum absolute atomic E-state index is 0.169. The van der Waals surface area contributed by atoms with Gasteiger partial charge in [-0.05, 0) is 61.7 Å². The van der Waals surface area contributed by atoms with Gasteiger partial charge in [0.2, 0.25) is 5.91 Å². The molecular weight excluding hydrogens is 597 g/mol. The van der Waals surface area contributed by atoms with E-state index in [1.807, 2.05) is 56.4 Å². The van der Waals surface area contributed by atoms with Gasteiger partial charge in [-0.3, -0.25) is 14.8 Å². The number of amides is 1. The second-order valence-electron chi connectivity index (χ2n) is 12.1. The van der Waals surface area contributed by atoms with Gasteiger partial charge in [0.1, 0.15) is 12.4 Å². The molecule has 0 saturated heterocycles. The van der Waals surface area contributed by atoms with Crippen LogP contribution in [0.4, 0.5) is 13.2 Å². The van der Waals surface area contributed by atoms with E-state index in [1.54, 1.807) is 23.9 Å². The molecule has 0 aliphatic carbocycles. The lowest BCUT2D eigenvalue weighted by molar-refractivity contribution is -0.137. The number of nitrogens with zero attached hydrogens (tertiary/aromatic N) is 2. The molecule has 45 heavy (non-hydrogen) atoms. The van der Waals surface area contributed by atoms with E-state index in [0.29, 0.717) is 24.3 Å². The number of halogens is 3. The van der Waals surface area contributed by atoms with Crippen molar-refractivity contribution in [2.24, 2.45) is 5.73 Å². The van der Waals surface area contributed by atoms with Crippen molar-refractivity contribution in [3.63, 3.8) is 0 Å². The number of aryl methyl sites for hydroxylation is 2. The molecule has 1 unspecified atom stereocenters. The number of aromatic amines is 1. The van der Waals surface area contributed by atoms with Gasteiger partial charge in [0.15, 0.2) is 0 Å². The number of hydrogen-bond acceptors (Lipinski definition) is 5. The van der Waals surface area contributed by atoms with Crippen molar-refractivity contribution >= 4 is 28.6 Å². The van der Waals surface area contributed by atoms with Crippen LogP contribution in [0.3, 0.4) is 0 Å². The van der Waals surface area contributed by atoms with Crippen molar-refractivity contribution in [2.45, 2.75) is 69.4 Å². The SMILES string of the molecule is Cc1ccc(COc2ccc3[nH]c(C(Cc4ccc(-c5ccc(C(F)(F)F)cn5)cc4)C(N)=O)c(SC(C)(C)C)c3c2C)nc1. The Kier molecular flexibility index (Phi) is 8.98. The van der Waals surface area contributed by atoms with Gasteiger partial charge >= 0.3 is 6.18 Å². The number of fused-ring (bicyclic) bond motifs is 1. The number of carbonyl (C=O) groups excluding carboxylic acids is 1. The van der Waals surface area contributed by atoms with Gasteiger partial charge in [-0.2, -0.15) is 13.2 Å². The molecule has 1 amide bonds. The van der Waals surface area contributed by atoms with E-state index in [2.05, 4.69) is 35.7 Å². The summed E-state index contributed by atoms with van der Waals surface area (Å²) in [6.45, 7) is 10.7. The zero-order chi connectivity index (χ0) is 32.5. The number of primary amides is 1. The van der Waals surface area contributed by atoms with Crippen LogP contribution >= 0.6 is 11.8 Å². The Labute approximate surface area is 264 Å². The van der Waals surface area contributed by atoms with Crippen LogP contribution in [0.5, 0.6) is 5.75 Å². The van der Waals surface area contributed by atoms with E-state index in [4.69, 9.17) is 10.5 Å². The molecule has 10 heteroatoms. The van der Waals surface area contributed by atoms with E-state index in [0.717, 1.165) is 61.9 Å². The number of benzene rings is 2. The van der Waals surface area contributed by atoms with Crippen molar-refractivity contribution in [2.75, 3.05) is 0 Å². The number of hydrogen-bond donors (Lipinski definition) is 2. The van der Waals surface area contributed by atoms with Crippen molar-refractivity contribution in [3.05, 3.63) is 107 Å². The highest BCUT2D eigenvalue weighted by atomic mass is 32.2. The number of nitrogens with one attached hydrogen (secondary N) is 1. The van der Waals surface area contributed by atoms with E-state index in [1.165, 1.54) is 6.07 Å². The predicted molar refractivity (Wildman–Crippen MR) is 172 cm³/mol. The van der Waals surface area contributed by atoms with E-state index in [9.17, 15) is 18.0 Å². The minimum atomic E-state index is -4.45. The monoisotopic (exact) mass is 632 g/mol. The lowest BCUT2D eigenvalue weighted by Crippen LogP contribution is -2.24. The third kappa shape index (κ3) is 7.50. The second kappa shape index (κ2) is 12.6. The third-order valence-corrected chi connectivity index (χ3v) is 8.63. The molecule has 0 aliphatic heterocycles. The van der Waals surface area contributed by atoms with Crippen LogP contribution in [0.2, 0.25) is 0 Å². The number of aromatic nitrogens is 3. The maximum atomic E-state index is 13.0. The zero-order valence-corrected chi connectivity index (χ0v) is 26.6. The zero-order valence-electron chi connectivity index (χ0n) is 25.8. The van der Waals surface area contributed by atoms with Crippen LogP contribution in [0.15, 0.2) is 78.0 Å². The molecule has 0 radical (unpaired) electrons. The summed E-state index contributed by atoms with van der Waals surface area (Å²) in [6.07, 6.45) is -1.47. The molecule has 0 spiro atoms. The molecule has 5 rings (SSSR count). The molecule has 0 bridgehead atoms. The van der Waals surface area contributed by atoms with Gasteiger partial charge in [-0.1, -0.05) is 51.1 Å². The topological polar surface area (TPSA) is 93.9 Å². The summed E-state index contributed by atoms with van der Waals surface area (Å²) in [6, 6.07) is 17.5. The lowest BCUT2D eigenvalue weighted by Gasteiger charge is -2.21. The standard InChI is InChI=1S/C35H35F3N4O2S/c1-20-6-12-25(40-17-20)19-44-29-15-14-28-30(21(29)2)32(45-34(3,4)5)31(42-28)26(33(39)43)16-22-7-9-23(10-8-22)27-13-11-24(18-41-27)35(36,37)38/h6-15,17-18,26,42H,16,19H2,1-5H3,(H2,39,43). The largest absolute Gasteiger partial charge is 0.487 e. The summed E-state index contributed by atoms with van der Waals surface area (Å²) in [5, 5.41) is 0.981. The third-order valence-electron chi connectivity index (χ3n) is 7.38. The maximum Gasteiger partial charge on any atom is 0.417 e. The van der Waals surface area contributed by atoms with Gasteiger partial charge < -0.3 is 15.5 Å². The fourth-order valence-corrected chi connectivity index (χ4v) is 6.38. The first kappa shape index (κ1) is 32.1. The number of carbonyl (C=O) groups is 1. The summed E-state index contributed by atoms with van der Waals surface area (Å²) in [7, 11) is 0. The number of H-pyrrole nitrogens is 1. The molecular formula is C35H35F3N4O2S. The fraction of sp³-hybridized carbons (Fsp3) is 0.286. The van der Waals surface area contributed by atoms with Crippen LogP contribution in [-0.4, -0.2) is 25.6 Å². The van der Waals surface area contributed by atoms with Gasteiger partial charge in [0.25, 0.3) is 0 Å². The van der Waals surface area contributed by atoms with Crippen molar-refractivity contribution in [1.29, 1.82) is 0 Å². The Morgan fingerprint density at radius 2 is 1.69 bits per heavy atom. The van der Waals surface area contributed by atoms with Crippen molar-refractivity contribution < 1.29 is 22.7 Å².